The first kappa shape index (κ1) is 20.0. The summed E-state index contributed by atoms with van der Waals surface area (Å²) in [5, 5.41) is 7.05. The molecule has 3 aromatic rings. The Bertz CT molecular complexity index is 1110. The normalized spacial score (nSPS) is 17.9. The molecule has 0 atom stereocenters. The van der Waals surface area contributed by atoms with Crippen molar-refractivity contribution in [3.8, 4) is 5.69 Å². The van der Waals surface area contributed by atoms with Crippen LogP contribution >= 0.6 is 12.6 Å². The van der Waals surface area contributed by atoms with E-state index < -0.39 is 5.82 Å². The quantitative estimate of drug-likeness (QED) is 0.615. The standard InChI is InChI=1S/C22H23FN6OS/c23-16-10-25-29(13-16)19-9-21(24-11-20(19)31)27-7-5-17(6-8-27)28-12-15-3-1-2-4-18(15)26-22(30)14-28/h1-4,9-11,13,17,31H,5-8,12,14H2,(H,26,30). The van der Waals surface area contributed by atoms with Gasteiger partial charge in [0, 0.05) is 48.5 Å². The fraction of sp³-hybridized carbons (Fsp3) is 0.318. The third kappa shape index (κ3) is 4.15. The van der Waals surface area contributed by atoms with Gasteiger partial charge in [-0.15, -0.1) is 12.6 Å². The molecule has 1 saturated heterocycles. The minimum atomic E-state index is -0.394. The van der Waals surface area contributed by atoms with Gasteiger partial charge in [-0.2, -0.15) is 5.10 Å². The zero-order chi connectivity index (χ0) is 21.4. The van der Waals surface area contributed by atoms with Crippen LogP contribution in [0, 0.1) is 5.82 Å². The molecule has 1 aromatic carbocycles. The number of thiol groups is 1. The Labute approximate surface area is 185 Å². The summed E-state index contributed by atoms with van der Waals surface area (Å²) >= 11 is 4.45. The molecule has 31 heavy (non-hydrogen) atoms. The molecule has 0 spiro atoms. The molecule has 4 heterocycles. The van der Waals surface area contributed by atoms with E-state index >= 15 is 0 Å². The maximum Gasteiger partial charge on any atom is 0.238 e. The number of carbonyl (C=O) groups is 1. The summed E-state index contributed by atoms with van der Waals surface area (Å²) < 4.78 is 14.9. The van der Waals surface area contributed by atoms with Crippen LogP contribution in [0.1, 0.15) is 18.4 Å². The third-order valence-corrected chi connectivity index (χ3v) is 6.31. The summed E-state index contributed by atoms with van der Waals surface area (Å²) in [4.78, 5) is 22.0. The van der Waals surface area contributed by atoms with Crippen molar-refractivity contribution in [2.75, 3.05) is 29.9 Å². The molecular weight excluding hydrogens is 415 g/mol. The van der Waals surface area contributed by atoms with E-state index in [4.69, 9.17) is 0 Å². The smallest absolute Gasteiger partial charge is 0.238 e. The van der Waals surface area contributed by atoms with Gasteiger partial charge in [-0.3, -0.25) is 9.69 Å². The second-order valence-electron chi connectivity index (χ2n) is 7.96. The summed E-state index contributed by atoms with van der Waals surface area (Å²) in [5.41, 5.74) is 2.75. The number of anilines is 2. The van der Waals surface area contributed by atoms with E-state index in [9.17, 15) is 9.18 Å². The molecule has 0 saturated carbocycles. The number of hydrogen-bond donors (Lipinski definition) is 2. The molecular formula is C22H23FN6OS. The maximum absolute atomic E-state index is 13.4. The van der Waals surface area contributed by atoms with Crippen LogP contribution in [-0.4, -0.2) is 51.2 Å². The average molecular weight is 439 g/mol. The molecule has 0 radical (unpaired) electrons. The lowest BCUT2D eigenvalue weighted by atomic mass is 10.0. The highest BCUT2D eigenvalue weighted by atomic mass is 32.1. The van der Waals surface area contributed by atoms with Gasteiger partial charge in [0.05, 0.1) is 24.6 Å². The van der Waals surface area contributed by atoms with E-state index in [0.717, 1.165) is 49.5 Å². The van der Waals surface area contributed by atoms with Crippen molar-refractivity contribution in [2.24, 2.45) is 0 Å². The van der Waals surface area contributed by atoms with Crippen molar-refractivity contribution in [2.45, 2.75) is 30.3 Å². The van der Waals surface area contributed by atoms with Gasteiger partial charge < -0.3 is 10.2 Å². The number of amides is 1. The molecule has 0 bridgehead atoms. The van der Waals surface area contributed by atoms with E-state index in [1.165, 1.54) is 17.1 Å². The number of piperidine rings is 1. The molecule has 0 aliphatic carbocycles. The number of halogens is 1. The van der Waals surface area contributed by atoms with Gasteiger partial charge in [0.1, 0.15) is 5.82 Å². The molecule has 2 aliphatic rings. The van der Waals surface area contributed by atoms with Crippen molar-refractivity contribution < 1.29 is 9.18 Å². The molecule has 1 fully saturated rings. The van der Waals surface area contributed by atoms with Gasteiger partial charge in [-0.25, -0.2) is 14.1 Å². The highest BCUT2D eigenvalue weighted by molar-refractivity contribution is 7.80. The highest BCUT2D eigenvalue weighted by Crippen LogP contribution is 2.28. The Kier molecular flexibility index (Phi) is 5.37. The van der Waals surface area contributed by atoms with Crippen LogP contribution in [0.2, 0.25) is 0 Å². The van der Waals surface area contributed by atoms with Crippen molar-refractivity contribution in [1.82, 2.24) is 19.7 Å². The van der Waals surface area contributed by atoms with E-state index in [1.54, 1.807) is 6.20 Å². The molecule has 0 unspecified atom stereocenters. The molecule has 5 rings (SSSR count). The van der Waals surface area contributed by atoms with E-state index in [0.29, 0.717) is 23.2 Å². The largest absolute Gasteiger partial charge is 0.356 e. The van der Waals surface area contributed by atoms with Gasteiger partial charge in [0.15, 0.2) is 5.82 Å². The van der Waals surface area contributed by atoms with E-state index in [2.05, 4.69) is 43.9 Å². The van der Waals surface area contributed by atoms with Gasteiger partial charge in [-0.05, 0) is 24.5 Å². The number of nitrogens with one attached hydrogen (secondary N) is 1. The fourth-order valence-corrected chi connectivity index (χ4v) is 4.59. The Hall–Kier alpha value is -2.91. The second-order valence-corrected chi connectivity index (χ2v) is 8.44. The van der Waals surface area contributed by atoms with Gasteiger partial charge in [0.25, 0.3) is 0 Å². The predicted molar refractivity (Wildman–Crippen MR) is 119 cm³/mol. The SMILES string of the molecule is O=C1CN(C2CCN(c3cc(-n4cc(F)cn4)c(S)cn3)CC2)Cc2ccccc2N1. The topological polar surface area (TPSA) is 66.3 Å². The Morgan fingerprint density at radius 3 is 2.71 bits per heavy atom. The number of benzene rings is 1. The summed E-state index contributed by atoms with van der Waals surface area (Å²) in [6.07, 6.45) is 6.05. The lowest BCUT2D eigenvalue weighted by Crippen LogP contribution is -2.46. The lowest BCUT2D eigenvalue weighted by Gasteiger charge is -2.38. The number of fused-ring (bicyclic) bond motifs is 1. The molecule has 9 heteroatoms. The average Bonchev–Trinajstić information content (AvgIpc) is 3.13. The number of pyridine rings is 1. The van der Waals surface area contributed by atoms with Crippen LogP contribution in [0.4, 0.5) is 15.9 Å². The van der Waals surface area contributed by atoms with Crippen molar-refractivity contribution >= 4 is 30.0 Å². The Morgan fingerprint density at radius 2 is 1.94 bits per heavy atom. The van der Waals surface area contributed by atoms with Crippen molar-refractivity contribution in [3.63, 3.8) is 0 Å². The molecule has 160 valence electrons. The van der Waals surface area contributed by atoms with Gasteiger partial charge in [-0.1, -0.05) is 18.2 Å². The van der Waals surface area contributed by atoms with Gasteiger partial charge >= 0.3 is 0 Å². The molecule has 1 amide bonds. The number of nitrogens with zero attached hydrogens (tertiary/aromatic N) is 5. The van der Waals surface area contributed by atoms with E-state index in [1.807, 2.05) is 24.3 Å². The first-order valence-electron chi connectivity index (χ1n) is 10.3. The predicted octanol–water partition coefficient (Wildman–Crippen LogP) is 3.12. The molecule has 2 aromatic heterocycles. The monoisotopic (exact) mass is 438 g/mol. The molecule has 1 N–H and O–H groups in total. The Morgan fingerprint density at radius 1 is 1.13 bits per heavy atom. The molecule has 2 aliphatic heterocycles. The lowest BCUT2D eigenvalue weighted by molar-refractivity contribution is -0.117. The second kappa shape index (κ2) is 8.32. The number of aromatic nitrogens is 3. The zero-order valence-electron chi connectivity index (χ0n) is 16.9. The minimum absolute atomic E-state index is 0.0366. The summed E-state index contributed by atoms with van der Waals surface area (Å²) in [7, 11) is 0. The van der Waals surface area contributed by atoms with Crippen LogP contribution in [0.3, 0.4) is 0 Å². The minimum Gasteiger partial charge on any atom is -0.356 e. The van der Waals surface area contributed by atoms with E-state index in [-0.39, 0.29) is 5.91 Å². The van der Waals surface area contributed by atoms with Crippen LogP contribution < -0.4 is 10.2 Å². The first-order chi connectivity index (χ1) is 15.1. The number of carbonyl (C=O) groups excluding carboxylic acids is 1. The van der Waals surface area contributed by atoms with Crippen LogP contribution in [-0.2, 0) is 11.3 Å². The van der Waals surface area contributed by atoms with Crippen LogP contribution in [0.25, 0.3) is 5.69 Å². The van der Waals surface area contributed by atoms with Crippen LogP contribution in [0.5, 0.6) is 0 Å². The van der Waals surface area contributed by atoms with Gasteiger partial charge in [0.2, 0.25) is 5.91 Å². The number of hydrogen-bond acceptors (Lipinski definition) is 6. The first-order valence-corrected chi connectivity index (χ1v) is 10.8. The molecule has 7 nitrogen and oxygen atoms in total. The fourth-order valence-electron chi connectivity index (χ4n) is 4.36. The van der Waals surface area contributed by atoms with Crippen LogP contribution in [0.15, 0.2) is 53.8 Å². The highest BCUT2D eigenvalue weighted by Gasteiger charge is 2.29. The maximum atomic E-state index is 13.4. The Balaban J connectivity index is 1.29. The summed E-state index contributed by atoms with van der Waals surface area (Å²) in [6.45, 7) is 2.83. The number of para-hydroxylation sites is 1. The third-order valence-electron chi connectivity index (χ3n) is 5.96. The summed E-state index contributed by atoms with van der Waals surface area (Å²) in [6, 6.07) is 10.2. The number of rotatable bonds is 3. The van der Waals surface area contributed by atoms with Crippen molar-refractivity contribution in [3.05, 3.63) is 60.3 Å². The van der Waals surface area contributed by atoms with Crippen molar-refractivity contribution in [1.29, 1.82) is 0 Å². The summed E-state index contributed by atoms with van der Waals surface area (Å²) in [5.74, 6) is 0.464. The zero-order valence-corrected chi connectivity index (χ0v) is 17.8.